The number of rotatable bonds is 11. The molecule has 1 aromatic rings. The van der Waals surface area contributed by atoms with E-state index in [-0.39, 0.29) is 21.1 Å². The standard InChI is InChI=1S/C18H29.Mo.2H3O3PS/c1-2-3-4-5-6-7-8-9-10-12-15-18-16-13-11-14-17-18;;2*1-4(2,3)5/h11,13-14,16H,2-10,12,15H2,1H3;;2*(H3,1,2,3,5)/q-1;;;. The third kappa shape index (κ3) is 47.9. The van der Waals surface area contributed by atoms with Gasteiger partial charge < -0.3 is 29.4 Å². The van der Waals surface area contributed by atoms with Crippen LogP contribution in [0.2, 0.25) is 0 Å². The van der Waals surface area contributed by atoms with Gasteiger partial charge in [-0.1, -0.05) is 77.6 Å². The van der Waals surface area contributed by atoms with Crippen molar-refractivity contribution in [1.29, 1.82) is 0 Å². The van der Waals surface area contributed by atoms with Crippen molar-refractivity contribution in [3.05, 3.63) is 35.9 Å². The Kier molecular flexibility index (Phi) is 26.4. The molecule has 0 spiro atoms. The van der Waals surface area contributed by atoms with Crippen molar-refractivity contribution in [3.8, 4) is 0 Å². The van der Waals surface area contributed by atoms with E-state index < -0.39 is 13.4 Å². The number of hydrogen-bond acceptors (Lipinski definition) is 2. The second-order valence-electron chi connectivity index (χ2n) is 6.35. The third-order valence-corrected chi connectivity index (χ3v) is 3.57. The molecular weight excluding hydrogens is 534 g/mol. The molecule has 0 heterocycles. The summed E-state index contributed by atoms with van der Waals surface area (Å²) < 4.78 is 0. The Morgan fingerprint density at radius 3 is 1.45 bits per heavy atom. The fourth-order valence-electron chi connectivity index (χ4n) is 2.39. The predicted molar refractivity (Wildman–Crippen MR) is 123 cm³/mol. The summed E-state index contributed by atoms with van der Waals surface area (Å²) >= 11 is 7.21. The molecule has 0 aliphatic carbocycles. The molecule has 0 amide bonds. The average molecular weight is 569 g/mol. The maximum absolute atomic E-state index is 7.56. The summed E-state index contributed by atoms with van der Waals surface area (Å²) in [6.07, 6.45) is 15.3. The van der Waals surface area contributed by atoms with E-state index in [1.165, 1.54) is 76.2 Å². The zero-order valence-electron chi connectivity index (χ0n) is 16.9. The van der Waals surface area contributed by atoms with E-state index in [0.29, 0.717) is 0 Å². The van der Waals surface area contributed by atoms with Crippen LogP contribution in [0.4, 0.5) is 0 Å². The van der Waals surface area contributed by atoms with E-state index in [1.807, 2.05) is 12.1 Å². The van der Waals surface area contributed by atoms with Crippen LogP contribution in [0, 0.1) is 6.07 Å². The zero-order valence-corrected chi connectivity index (χ0v) is 22.3. The number of benzene rings is 1. The van der Waals surface area contributed by atoms with E-state index >= 15 is 0 Å². The van der Waals surface area contributed by atoms with Gasteiger partial charge in [-0.05, 0) is 23.6 Å². The summed E-state index contributed by atoms with van der Waals surface area (Å²) in [6.45, 7) is -5.33. The van der Waals surface area contributed by atoms with Gasteiger partial charge in [0.05, 0.1) is 0 Å². The van der Waals surface area contributed by atoms with Gasteiger partial charge in [0.25, 0.3) is 0 Å². The fraction of sp³-hybridized carbons (Fsp3) is 0.667. The van der Waals surface area contributed by atoms with Crippen LogP contribution >= 0.6 is 13.4 Å². The Hall–Kier alpha value is 0.968. The molecule has 0 saturated carbocycles. The predicted octanol–water partition coefficient (Wildman–Crippen LogP) is 4.32. The topological polar surface area (TPSA) is 121 Å². The van der Waals surface area contributed by atoms with Gasteiger partial charge in [0, 0.05) is 21.1 Å². The summed E-state index contributed by atoms with van der Waals surface area (Å²) in [5.74, 6) is 0. The fourth-order valence-corrected chi connectivity index (χ4v) is 2.39. The quantitative estimate of drug-likeness (QED) is 0.101. The van der Waals surface area contributed by atoms with Gasteiger partial charge in [0.1, 0.15) is 0 Å². The van der Waals surface area contributed by atoms with Crippen molar-refractivity contribution in [3.63, 3.8) is 0 Å². The molecule has 6 nitrogen and oxygen atoms in total. The first-order valence-electron chi connectivity index (χ1n) is 9.45. The molecule has 0 saturated heterocycles. The van der Waals surface area contributed by atoms with Crippen LogP contribution in [0.3, 0.4) is 0 Å². The van der Waals surface area contributed by atoms with Gasteiger partial charge in [-0.2, -0.15) is 35.9 Å². The molecule has 0 unspecified atom stereocenters. The molecule has 1 aromatic carbocycles. The number of aryl methyl sites for hydroxylation is 1. The molecule has 172 valence electrons. The largest absolute Gasteiger partial charge is 0.325 e. The van der Waals surface area contributed by atoms with Crippen LogP contribution in [0.5, 0.6) is 0 Å². The minimum absolute atomic E-state index is 0. The Morgan fingerprint density at radius 1 is 0.724 bits per heavy atom. The van der Waals surface area contributed by atoms with Gasteiger partial charge in [-0.3, -0.25) is 0 Å². The van der Waals surface area contributed by atoms with Crippen LogP contribution in [-0.2, 0) is 51.1 Å². The zero-order chi connectivity index (χ0) is 21.9. The van der Waals surface area contributed by atoms with Gasteiger partial charge in [0.15, 0.2) is 0 Å². The minimum Gasteiger partial charge on any atom is -0.325 e. The van der Waals surface area contributed by atoms with Crippen molar-refractivity contribution >= 4 is 37.1 Å². The van der Waals surface area contributed by atoms with Crippen molar-refractivity contribution in [1.82, 2.24) is 0 Å². The maximum atomic E-state index is 7.56. The van der Waals surface area contributed by atoms with Gasteiger partial charge in [-0.25, -0.2) is 0 Å². The molecule has 1 rings (SSSR count). The minimum atomic E-state index is -3.81. The van der Waals surface area contributed by atoms with Gasteiger partial charge >= 0.3 is 13.4 Å². The van der Waals surface area contributed by atoms with E-state index in [1.54, 1.807) is 0 Å². The second-order valence-corrected chi connectivity index (χ2v) is 11.3. The van der Waals surface area contributed by atoms with Gasteiger partial charge in [0.2, 0.25) is 0 Å². The van der Waals surface area contributed by atoms with E-state index in [0.717, 1.165) is 0 Å². The molecule has 0 aromatic heterocycles. The Labute approximate surface area is 200 Å². The van der Waals surface area contributed by atoms with E-state index in [4.69, 9.17) is 29.4 Å². The molecule has 6 N–H and O–H groups in total. The van der Waals surface area contributed by atoms with E-state index in [2.05, 4.69) is 48.7 Å². The third-order valence-electron chi connectivity index (χ3n) is 3.57. The van der Waals surface area contributed by atoms with Crippen molar-refractivity contribution in [2.75, 3.05) is 0 Å². The molecule has 29 heavy (non-hydrogen) atoms. The van der Waals surface area contributed by atoms with Crippen molar-refractivity contribution < 1.29 is 50.4 Å². The Balaban J connectivity index is -0.000000512. The van der Waals surface area contributed by atoms with Crippen molar-refractivity contribution in [2.45, 2.75) is 77.6 Å². The summed E-state index contributed by atoms with van der Waals surface area (Å²) in [4.78, 5) is 45.3. The molecule has 0 radical (unpaired) electrons. The van der Waals surface area contributed by atoms with E-state index in [9.17, 15) is 0 Å². The molecular formula is C18H35MoO6P2S2-. The summed E-state index contributed by atoms with van der Waals surface area (Å²) in [6, 6.07) is 11.7. The molecule has 0 atom stereocenters. The van der Waals surface area contributed by atoms with Crippen LogP contribution in [0.25, 0.3) is 0 Å². The SMILES string of the molecule is CCCCCCCCCCCCc1[c-]cccc1.OP(O)(O)=S.OP(O)(O)=S.[Mo]. The molecule has 0 aliphatic heterocycles. The normalized spacial score (nSPS) is 10.7. The first kappa shape index (κ1) is 34.6. The van der Waals surface area contributed by atoms with Gasteiger partial charge in [-0.15, -0.1) is 0 Å². The second kappa shape index (κ2) is 22.2. The van der Waals surface area contributed by atoms with Crippen LogP contribution in [0.1, 0.15) is 76.7 Å². The van der Waals surface area contributed by atoms with Crippen molar-refractivity contribution in [2.24, 2.45) is 0 Å². The first-order chi connectivity index (χ1) is 12.9. The van der Waals surface area contributed by atoms with Crippen LogP contribution < -0.4 is 0 Å². The van der Waals surface area contributed by atoms with Crippen LogP contribution in [0.15, 0.2) is 24.3 Å². The molecule has 0 aliphatic rings. The smallest absolute Gasteiger partial charge is 0.319 e. The Bertz CT molecular complexity index is 518. The maximum Gasteiger partial charge on any atom is 0.319 e. The molecule has 0 fully saturated rings. The Morgan fingerprint density at radius 2 is 1.10 bits per heavy atom. The number of hydrogen-bond donors (Lipinski definition) is 6. The summed E-state index contributed by atoms with van der Waals surface area (Å²) in [5, 5.41) is 0. The average Bonchev–Trinajstić information content (AvgIpc) is 2.54. The monoisotopic (exact) mass is 571 g/mol. The first-order valence-corrected chi connectivity index (χ1v) is 14.8. The summed E-state index contributed by atoms with van der Waals surface area (Å²) in [7, 11) is 0. The summed E-state index contributed by atoms with van der Waals surface area (Å²) in [5.41, 5.74) is 1.37. The number of unbranched alkanes of at least 4 members (excludes halogenated alkanes) is 9. The molecule has 11 heteroatoms. The molecule has 0 bridgehead atoms. The van der Waals surface area contributed by atoms with Crippen LogP contribution in [-0.4, -0.2) is 29.4 Å².